The van der Waals surface area contributed by atoms with Crippen LogP contribution in [0.1, 0.15) is 26.7 Å². The van der Waals surface area contributed by atoms with Gasteiger partial charge in [0.05, 0.1) is 12.0 Å². The topological polar surface area (TPSA) is 64.8 Å². The van der Waals surface area contributed by atoms with Crippen LogP contribution in [0.3, 0.4) is 0 Å². The van der Waals surface area contributed by atoms with Crippen LogP contribution in [-0.4, -0.2) is 43.7 Å². The van der Waals surface area contributed by atoms with E-state index in [4.69, 9.17) is 15.2 Å². The molecule has 0 spiro atoms. The second-order valence-corrected chi connectivity index (χ2v) is 5.87. The van der Waals surface area contributed by atoms with Crippen molar-refractivity contribution in [1.82, 2.24) is 4.90 Å². The van der Waals surface area contributed by atoms with Gasteiger partial charge in [0.2, 0.25) is 5.91 Å². The number of carbonyl (C=O) groups is 1. The van der Waals surface area contributed by atoms with Crippen LogP contribution in [0.4, 0.5) is 0 Å². The molecule has 1 aliphatic rings. The normalized spacial score (nSPS) is 17.2. The van der Waals surface area contributed by atoms with Crippen LogP contribution in [0, 0.1) is 5.41 Å². The second kappa shape index (κ2) is 7.01. The van der Waals surface area contributed by atoms with Gasteiger partial charge in [0.15, 0.2) is 17.6 Å². The molecule has 0 radical (unpaired) electrons. The molecule has 1 aliphatic heterocycles. The molecule has 5 nitrogen and oxygen atoms in total. The first-order valence-electron chi connectivity index (χ1n) is 7.90. The molecule has 0 bridgehead atoms. The molecule has 0 saturated carbocycles. The predicted molar refractivity (Wildman–Crippen MR) is 86.1 cm³/mol. The van der Waals surface area contributed by atoms with Crippen LogP contribution in [-0.2, 0) is 4.79 Å². The van der Waals surface area contributed by atoms with Gasteiger partial charge in [-0.05, 0) is 25.0 Å². The average Bonchev–Trinajstić information content (AvgIpc) is 2.56. The van der Waals surface area contributed by atoms with Crippen molar-refractivity contribution < 1.29 is 14.3 Å². The Morgan fingerprint density at radius 3 is 2.55 bits per heavy atom. The summed E-state index contributed by atoms with van der Waals surface area (Å²) in [5.41, 5.74) is 5.39. The Bertz CT molecular complexity index is 506. The number of likely N-dealkylation sites (N-methyl/N-ethyl adjacent to an activating group) is 1. The molecule has 0 aliphatic carbocycles. The molecule has 0 saturated heterocycles. The second-order valence-electron chi connectivity index (χ2n) is 5.87. The fraction of sp³-hybridized carbons (Fsp3) is 0.588. The highest BCUT2D eigenvalue weighted by Gasteiger charge is 2.36. The first kappa shape index (κ1) is 16.6. The maximum absolute atomic E-state index is 12.7. The maximum atomic E-state index is 12.7. The quantitative estimate of drug-likeness (QED) is 0.873. The van der Waals surface area contributed by atoms with Crippen molar-refractivity contribution in [1.29, 1.82) is 0 Å². The van der Waals surface area contributed by atoms with E-state index in [1.54, 1.807) is 4.90 Å². The van der Waals surface area contributed by atoms with Gasteiger partial charge in [0.25, 0.3) is 0 Å². The summed E-state index contributed by atoms with van der Waals surface area (Å²) in [7, 11) is 1.81. The van der Waals surface area contributed by atoms with Gasteiger partial charge >= 0.3 is 0 Å². The third-order valence-corrected chi connectivity index (χ3v) is 4.59. The Kier molecular flexibility index (Phi) is 5.29. The number of nitrogens with two attached hydrogens (primary N) is 1. The van der Waals surface area contributed by atoms with E-state index in [1.807, 2.05) is 45.2 Å². The Balaban J connectivity index is 2.01. The number of nitrogens with zero attached hydrogens (tertiary/aromatic N) is 1. The summed E-state index contributed by atoms with van der Waals surface area (Å²) in [5, 5.41) is 0. The van der Waals surface area contributed by atoms with Crippen LogP contribution < -0.4 is 15.2 Å². The van der Waals surface area contributed by atoms with Gasteiger partial charge in [-0.2, -0.15) is 0 Å². The average molecular weight is 306 g/mol. The van der Waals surface area contributed by atoms with Crippen LogP contribution in [0.5, 0.6) is 11.5 Å². The lowest BCUT2D eigenvalue weighted by Crippen LogP contribution is -2.50. The lowest BCUT2D eigenvalue weighted by Gasteiger charge is -2.35. The molecule has 1 aromatic rings. The fourth-order valence-electron chi connectivity index (χ4n) is 2.87. The van der Waals surface area contributed by atoms with E-state index in [1.165, 1.54) is 0 Å². The highest BCUT2D eigenvalue weighted by atomic mass is 16.6. The van der Waals surface area contributed by atoms with E-state index in [-0.39, 0.29) is 12.0 Å². The molecule has 5 heteroatoms. The Morgan fingerprint density at radius 1 is 1.32 bits per heavy atom. The van der Waals surface area contributed by atoms with Crippen molar-refractivity contribution in [2.75, 3.05) is 26.7 Å². The van der Waals surface area contributed by atoms with Crippen LogP contribution in [0.25, 0.3) is 0 Å². The van der Waals surface area contributed by atoms with Crippen molar-refractivity contribution >= 4 is 5.91 Å². The summed E-state index contributed by atoms with van der Waals surface area (Å²) >= 11 is 0. The van der Waals surface area contributed by atoms with Gasteiger partial charge in [-0.1, -0.05) is 26.0 Å². The molecule has 2 N–H and O–H groups in total. The van der Waals surface area contributed by atoms with E-state index in [0.717, 1.165) is 24.3 Å². The maximum Gasteiger partial charge on any atom is 0.229 e. The lowest BCUT2D eigenvalue weighted by molar-refractivity contribution is -0.142. The van der Waals surface area contributed by atoms with Gasteiger partial charge in [0.1, 0.15) is 6.61 Å². The summed E-state index contributed by atoms with van der Waals surface area (Å²) in [5.74, 6) is 1.57. The standard InChI is InChI=1S/C17H26N2O3/c1-4-17(5-2,12-18)16(20)19(3)10-13-11-21-14-8-6-7-9-15(14)22-13/h6-9,13H,4-5,10-12,18H2,1-3H3. The lowest BCUT2D eigenvalue weighted by atomic mass is 9.81. The largest absolute Gasteiger partial charge is 0.486 e. The number of rotatable bonds is 6. The van der Waals surface area contributed by atoms with Crippen LogP contribution in [0.2, 0.25) is 0 Å². The number of hydrogen-bond acceptors (Lipinski definition) is 4. The van der Waals surface area contributed by atoms with Gasteiger partial charge < -0.3 is 20.1 Å². The smallest absolute Gasteiger partial charge is 0.229 e. The van der Waals surface area contributed by atoms with Crippen molar-refractivity contribution in [3.05, 3.63) is 24.3 Å². The minimum atomic E-state index is -0.470. The molecule has 1 amide bonds. The molecular weight excluding hydrogens is 280 g/mol. The number of ether oxygens (including phenoxy) is 2. The Labute approximate surface area is 132 Å². The molecule has 22 heavy (non-hydrogen) atoms. The fourth-order valence-corrected chi connectivity index (χ4v) is 2.87. The number of amides is 1. The summed E-state index contributed by atoms with van der Waals surface area (Å²) in [6.07, 6.45) is 1.33. The molecule has 2 rings (SSSR count). The number of hydrogen-bond donors (Lipinski definition) is 1. The molecule has 1 aromatic carbocycles. The van der Waals surface area contributed by atoms with E-state index in [0.29, 0.717) is 19.7 Å². The van der Waals surface area contributed by atoms with Crippen LogP contribution in [0.15, 0.2) is 24.3 Å². The predicted octanol–water partition coefficient (Wildman–Crippen LogP) is 2.05. The van der Waals surface area contributed by atoms with Crippen LogP contribution >= 0.6 is 0 Å². The highest BCUT2D eigenvalue weighted by molar-refractivity contribution is 5.82. The number of fused-ring (bicyclic) bond motifs is 1. The minimum Gasteiger partial charge on any atom is -0.486 e. The van der Waals surface area contributed by atoms with E-state index in [9.17, 15) is 4.79 Å². The third-order valence-electron chi connectivity index (χ3n) is 4.59. The van der Waals surface area contributed by atoms with Crippen molar-refractivity contribution in [2.24, 2.45) is 11.1 Å². The Morgan fingerprint density at radius 2 is 1.95 bits per heavy atom. The summed E-state index contributed by atoms with van der Waals surface area (Å²) in [4.78, 5) is 14.5. The zero-order valence-corrected chi connectivity index (χ0v) is 13.7. The SMILES string of the molecule is CCC(CC)(CN)C(=O)N(C)CC1COc2ccccc2O1. The molecule has 122 valence electrons. The first-order valence-corrected chi connectivity index (χ1v) is 7.90. The van der Waals surface area contributed by atoms with Gasteiger partial charge in [-0.3, -0.25) is 4.79 Å². The monoisotopic (exact) mass is 306 g/mol. The molecular formula is C17H26N2O3. The van der Waals surface area contributed by atoms with Crippen molar-refractivity contribution in [3.63, 3.8) is 0 Å². The summed E-state index contributed by atoms with van der Waals surface area (Å²) in [6, 6.07) is 7.59. The van der Waals surface area contributed by atoms with Crippen molar-refractivity contribution in [2.45, 2.75) is 32.8 Å². The zero-order valence-electron chi connectivity index (χ0n) is 13.7. The number of carbonyl (C=O) groups excluding carboxylic acids is 1. The van der Waals surface area contributed by atoms with Gasteiger partial charge in [-0.15, -0.1) is 0 Å². The van der Waals surface area contributed by atoms with E-state index in [2.05, 4.69) is 0 Å². The minimum absolute atomic E-state index is 0.0856. The van der Waals surface area contributed by atoms with Gasteiger partial charge in [-0.25, -0.2) is 0 Å². The highest BCUT2D eigenvalue weighted by Crippen LogP contribution is 2.32. The summed E-state index contributed by atoms with van der Waals surface area (Å²) < 4.78 is 11.6. The molecule has 0 fully saturated rings. The van der Waals surface area contributed by atoms with E-state index < -0.39 is 5.41 Å². The molecule has 0 aromatic heterocycles. The number of para-hydroxylation sites is 2. The van der Waals surface area contributed by atoms with Gasteiger partial charge in [0, 0.05) is 13.6 Å². The number of benzene rings is 1. The Hall–Kier alpha value is -1.75. The summed E-state index contributed by atoms with van der Waals surface area (Å²) in [6.45, 7) is 5.34. The third kappa shape index (κ3) is 3.19. The zero-order chi connectivity index (χ0) is 16.2. The van der Waals surface area contributed by atoms with E-state index >= 15 is 0 Å². The molecule has 1 atom stereocenters. The molecule has 1 unspecified atom stereocenters. The molecule has 1 heterocycles. The first-order chi connectivity index (χ1) is 10.6. The van der Waals surface area contributed by atoms with Crippen molar-refractivity contribution in [3.8, 4) is 11.5 Å².